The monoisotopic (exact) mass is 409 g/mol. The molecular formula is C24H31N3O3. The summed E-state index contributed by atoms with van der Waals surface area (Å²) in [7, 11) is 0. The molecule has 0 spiro atoms. The normalized spacial score (nSPS) is 31.8. The summed E-state index contributed by atoms with van der Waals surface area (Å²) in [4.78, 5) is 42.8. The van der Waals surface area contributed by atoms with Gasteiger partial charge in [-0.2, -0.15) is 0 Å². The van der Waals surface area contributed by atoms with Crippen LogP contribution in [0.1, 0.15) is 51.0 Å². The smallest absolute Gasteiger partial charge is 0.247 e. The zero-order chi connectivity index (χ0) is 20.8. The van der Waals surface area contributed by atoms with Crippen molar-refractivity contribution in [2.45, 2.75) is 58.0 Å². The first-order valence-corrected chi connectivity index (χ1v) is 11.5. The maximum absolute atomic E-state index is 13.1. The van der Waals surface area contributed by atoms with Crippen LogP contribution in [-0.2, 0) is 20.9 Å². The van der Waals surface area contributed by atoms with Gasteiger partial charge in [-0.05, 0) is 75.6 Å². The number of nitrogens with one attached hydrogen (secondary N) is 1. The molecule has 0 aromatic heterocycles. The Labute approximate surface area is 178 Å². The molecule has 2 aliphatic heterocycles. The van der Waals surface area contributed by atoms with Crippen molar-refractivity contribution in [3.05, 3.63) is 29.8 Å². The Bertz CT molecular complexity index is 835. The fraction of sp³-hybridized carbons (Fsp3) is 0.625. The molecule has 2 heterocycles. The Kier molecular flexibility index (Phi) is 5.13. The molecule has 1 aromatic carbocycles. The number of para-hydroxylation sites is 1. The van der Waals surface area contributed by atoms with Crippen molar-refractivity contribution in [3.8, 4) is 0 Å². The maximum Gasteiger partial charge on any atom is 0.247 e. The number of hydrogen-bond donors (Lipinski definition) is 1. The molecule has 4 fully saturated rings. The summed E-state index contributed by atoms with van der Waals surface area (Å²) in [6.07, 6.45) is 6.81. The van der Waals surface area contributed by atoms with E-state index in [0.29, 0.717) is 11.8 Å². The predicted molar refractivity (Wildman–Crippen MR) is 113 cm³/mol. The highest BCUT2D eigenvalue weighted by Crippen LogP contribution is 2.56. The average molecular weight is 410 g/mol. The van der Waals surface area contributed by atoms with Gasteiger partial charge in [0.15, 0.2) is 0 Å². The highest BCUT2D eigenvalue weighted by atomic mass is 16.2. The SMILES string of the molecule is C[C@@H](C(=O)Nc1ccccc1CN1CCCCC1)N1C(=O)[C@@H]2[C@H]3CC[C@@H](C3)[C@@H]2C1=O. The molecule has 2 bridgehead atoms. The van der Waals surface area contributed by atoms with Crippen LogP contribution in [0.15, 0.2) is 24.3 Å². The quantitative estimate of drug-likeness (QED) is 0.759. The van der Waals surface area contributed by atoms with Crippen molar-refractivity contribution in [2.75, 3.05) is 18.4 Å². The molecule has 6 nitrogen and oxygen atoms in total. The molecule has 2 saturated carbocycles. The number of rotatable bonds is 5. The number of hydrogen-bond acceptors (Lipinski definition) is 4. The van der Waals surface area contributed by atoms with Crippen LogP contribution >= 0.6 is 0 Å². The summed E-state index contributed by atoms with van der Waals surface area (Å²) in [6.45, 7) is 4.66. The van der Waals surface area contributed by atoms with Crippen LogP contribution in [0.4, 0.5) is 5.69 Å². The first-order chi connectivity index (χ1) is 14.5. The van der Waals surface area contributed by atoms with Gasteiger partial charge in [-0.3, -0.25) is 24.2 Å². The summed E-state index contributed by atoms with van der Waals surface area (Å²) in [6, 6.07) is 7.07. The number of imide groups is 1. The first-order valence-electron chi connectivity index (χ1n) is 11.5. The van der Waals surface area contributed by atoms with E-state index in [4.69, 9.17) is 0 Å². The Hall–Kier alpha value is -2.21. The van der Waals surface area contributed by atoms with Crippen molar-refractivity contribution >= 4 is 23.4 Å². The number of carbonyl (C=O) groups excluding carboxylic acids is 3. The van der Waals surface area contributed by atoms with E-state index in [2.05, 4.69) is 10.2 Å². The van der Waals surface area contributed by atoms with E-state index in [-0.39, 0.29) is 29.6 Å². The van der Waals surface area contributed by atoms with Gasteiger partial charge in [0, 0.05) is 12.2 Å². The molecule has 2 saturated heterocycles. The van der Waals surface area contributed by atoms with Gasteiger partial charge in [0.05, 0.1) is 11.8 Å². The highest BCUT2D eigenvalue weighted by molar-refractivity contribution is 6.10. The molecule has 3 amide bonds. The van der Waals surface area contributed by atoms with E-state index >= 15 is 0 Å². The lowest BCUT2D eigenvalue weighted by Crippen LogP contribution is -2.46. The zero-order valence-corrected chi connectivity index (χ0v) is 17.7. The second kappa shape index (κ2) is 7.80. The third-order valence-electron chi connectivity index (χ3n) is 7.85. The molecule has 5 atom stereocenters. The van der Waals surface area contributed by atoms with Gasteiger partial charge in [-0.25, -0.2) is 0 Å². The molecule has 1 aromatic rings. The van der Waals surface area contributed by atoms with Gasteiger partial charge in [0.1, 0.15) is 6.04 Å². The molecule has 160 valence electrons. The molecule has 0 radical (unpaired) electrons. The van der Waals surface area contributed by atoms with Crippen LogP contribution in [0.2, 0.25) is 0 Å². The standard InChI is InChI=1S/C24H31N3O3/c1-15(27-23(29)20-16-9-10-17(13-16)21(20)24(27)30)22(28)25-19-8-4-3-7-18(19)14-26-11-5-2-6-12-26/h3-4,7-8,15-17,20-21H,2,5-6,9-14H2,1H3,(H,25,28)/t15-,16-,17-,20-,21+/m0/s1. The Morgan fingerprint density at radius 1 is 1.03 bits per heavy atom. The highest BCUT2D eigenvalue weighted by Gasteiger charge is 2.62. The molecule has 2 aliphatic carbocycles. The van der Waals surface area contributed by atoms with E-state index in [9.17, 15) is 14.4 Å². The van der Waals surface area contributed by atoms with Crippen LogP contribution < -0.4 is 5.32 Å². The number of benzene rings is 1. The minimum absolute atomic E-state index is 0.124. The lowest BCUT2D eigenvalue weighted by Gasteiger charge is -2.28. The van der Waals surface area contributed by atoms with E-state index in [1.165, 1.54) is 24.2 Å². The lowest BCUT2D eigenvalue weighted by molar-refractivity contribution is -0.146. The summed E-state index contributed by atoms with van der Waals surface area (Å²) < 4.78 is 0. The average Bonchev–Trinajstić information content (AvgIpc) is 3.43. The van der Waals surface area contributed by atoms with Crippen LogP contribution in [0, 0.1) is 23.7 Å². The largest absolute Gasteiger partial charge is 0.324 e. The third-order valence-corrected chi connectivity index (χ3v) is 7.85. The summed E-state index contributed by atoms with van der Waals surface area (Å²) >= 11 is 0. The van der Waals surface area contributed by atoms with Crippen LogP contribution in [0.5, 0.6) is 0 Å². The van der Waals surface area contributed by atoms with E-state index < -0.39 is 6.04 Å². The van der Waals surface area contributed by atoms with Gasteiger partial charge < -0.3 is 5.32 Å². The summed E-state index contributed by atoms with van der Waals surface area (Å²) in [5.41, 5.74) is 1.85. The fourth-order valence-electron chi connectivity index (χ4n) is 6.31. The van der Waals surface area contributed by atoms with Crippen LogP contribution in [-0.4, -0.2) is 46.7 Å². The Balaban J connectivity index is 1.29. The summed E-state index contributed by atoms with van der Waals surface area (Å²) in [5.74, 6) is -0.224. The molecule has 1 N–H and O–H groups in total. The Morgan fingerprint density at radius 3 is 2.33 bits per heavy atom. The second-order valence-corrected chi connectivity index (χ2v) is 9.59. The van der Waals surface area contributed by atoms with Crippen LogP contribution in [0.25, 0.3) is 0 Å². The van der Waals surface area contributed by atoms with E-state index in [0.717, 1.165) is 50.1 Å². The number of carbonyl (C=O) groups is 3. The van der Waals surface area contributed by atoms with Gasteiger partial charge in [-0.15, -0.1) is 0 Å². The van der Waals surface area contributed by atoms with Gasteiger partial charge in [-0.1, -0.05) is 24.6 Å². The number of likely N-dealkylation sites (tertiary alicyclic amines) is 2. The number of anilines is 1. The molecule has 0 unspecified atom stereocenters. The van der Waals surface area contributed by atoms with E-state index in [1.807, 2.05) is 24.3 Å². The molecule has 6 heteroatoms. The third kappa shape index (κ3) is 3.25. The predicted octanol–water partition coefficient (Wildman–Crippen LogP) is 3.03. The Morgan fingerprint density at radius 2 is 1.67 bits per heavy atom. The van der Waals surface area contributed by atoms with Crippen molar-refractivity contribution in [1.82, 2.24) is 9.80 Å². The zero-order valence-electron chi connectivity index (χ0n) is 17.7. The van der Waals surface area contributed by atoms with Gasteiger partial charge in [0.25, 0.3) is 0 Å². The van der Waals surface area contributed by atoms with Crippen molar-refractivity contribution in [3.63, 3.8) is 0 Å². The fourth-order valence-corrected chi connectivity index (χ4v) is 6.31. The summed E-state index contributed by atoms with van der Waals surface area (Å²) in [5, 5.41) is 3.01. The number of piperidine rings is 1. The van der Waals surface area contributed by atoms with Crippen molar-refractivity contribution < 1.29 is 14.4 Å². The molecule has 30 heavy (non-hydrogen) atoms. The van der Waals surface area contributed by atoms with Crippen molar-refractivity contribution in [1.29, 1.82) is 0 Å². The maximum atomic E-state index is 13.1. The van der Waals surface area contributed by atoms with E-state index in [1.54, 1.807) is 6.92 Å². The van der Waals surface area contributed by atoms with Crippen molar-refractivity contribution in [2.24, 2.45) is 23.7 Å². The van der Waals surface area contributed by atoms with Crippen LogP contribution in [0.3, 0.4) is 0 Å². The minimum Gasteiger partial charge on any atom is -0.324 e. The molecule has 5 rings (SSSR count). The number of nitrogens with zero attached hydrogens (tertiary/aromatic N) is 2. The lowest BCUT2D eigenvalue weighted by atomic mass is 9.81. The topological polar surface area (TPSA) is 69.7 Å². The number of fused-ring (bicyclic) bond motifs is 5. The minimum atomic E-state index is -0.780. The van der Waals surface area contributed by atoms with Gasteiger partial charge >= 0.3 is 0 Å². The first kappa shape index (κ1) is 19.7. The van der Waals surface area contributed by atoms with Gasteiger partial charge in [0.2, 0.25) is 17.7 Å². The molecular weight excluding hydrogens is 378 g/mol. The molecule has 4 aliphatic rings. The number of amides is 3. The second-order valence-electron chi connectivity index (χ2n) is 9.59.